The predicted octanol–water partition coefficient (Wildman–Crippen LogP) is 4.12. The number of urea groups is 1. The van der Waals surface area contributed by atoms with E-state index in [1.165, 1.54) is 32.1 Å². The summed E-state index contributed by atoms with van der Waals surface area (Å²) in [5.41, 5.74) is 1.71. The maximum absolute atomic E-state index is 12.6. The van der Waals surface area contributed by atoms with Gasteiger partial charge in [-0.15, -0.1) is 0 Å². The number of hydrogen-bond acceptors (Lipinski definition) is 2. The molecule has 2 fully saturated rings. The highest BCUT2D eigenvalue weighted by atomic mass is 16.5. The minimum absolute atomic E-state index is 0.0630. The Morgan fingerprint density at radius 1 is 1.22 bits per heavy atom. The Morgan fingerprint density at radius 2 is 1.87 bits per heavy atom. The average Bonchev–Trinajstić information content (AvgIpc) is 2.58. The van der Waals surface area contributed by atoms with Gasteiger partial charge in [-0.3, -0.25) is 0 Å². The number of amides is 2. The first-order valence-corrected chi connectivity index (χ1v) is 8.85. The Balaban J connectivity index is 1.56. The Morgan fingerprint density at radius 3 is 2.35 bits per heavy atom. The van der Waals surface area contributed by atoms with Gasteiger partial charge < -0.3 is 15.0 Å². The summed E-state index contributed by atoms with van der Waals surface area (Å²) in [6, 6.07) is 8.12. The molecule has 1 N–H and O–H groups in total. The molecule has 1 unspecified atom stereocenters. The minimum atomic E-state index is 0.0630. The van der Waals surface area contributed by atoms with E-state index < -0.39 is 0 Å². The van der Waals surface area contributed by atoms with Crippen molar-refractivity contribution in [3.8, 4) is 5.75 Å². The minimum Gasteiger partial charge on any atom is -0.497 e. The van der Waals surface area contributed by atoms with E-state index in [2.05, 4.69) is 12.2 Å². The molecule has 4 nitrogen and oxygen atoms in total. The predicted molar refractivity (Wildman–Crippen MR) is 91.6 cm³/mol. The molecule has 1 aliphatic heterocycles. The maximum atomic E-state index is 12.6. The van der Waals surface area contributed by atoms with Crippen molar-refractivity contribution in [2.24, 2.45) is 5.41 Å². The van der Waals surface area contributed by atoms with Crippen LogP contribution in [0.15, 0.2) is 24.3 Å². The SMILES string of the molecule is CCC(NC(=O)N1CCC2(CCC2)CC1)c1ccc(OC)cc1. The van der Waals surface area contributed by atoms with Crippen LogP contribution < -0.4 is 10.1 Å². The molecule has 1 aromatic carbocycles. The van der Waals surface area contributed by atoms with Crippen molar-refractivity contribution in [2.45, 2.75) is 51.5 Å². The number of hydrogen-bond donors (Lipinski definition) is 1. The fourth-order valence-corrected chi connectivity index (χ4v) is 3.86. The second-order valence-electron chi connectivity index (χ2n) is 7.02. The zero-order valence-electron chi connectivity index (χ0n) is 14.3. The quantitative estimate of drug-likeness (QED) is 0.908. The van der Waals surface area contributed by atoms with Crippen molar-refractivity contribution in [1.29, 1.82) is 0 Å². The van der Waals surface area contributed by atoms with E-state index in [1.54, 1.807) is 7.11 Å². The summed E-state index contributed by atoms with van der Waals surface area (Å²) in [5, 5.41) is 3.20. The van der Waals surface area contributed by atoms with Crippen LogP contribution in [0.1, 0.15) is 57.1 Å². The number of benzene rings is 1. The number of nitrogens with one attached hydrogen (secondary N) is 1. The lowest BCUT2D eigenvalue weighted by Crippen LogP contribution is -2.49. The Kier molecular flexibility index (Phi) is 4.79. The van der Waals surface area contributed by atoms with Crippen LogP contribution in [-0.2, 0) is 0 Å². The summed E-state index contributed by atoms with van der Waals surface area (Å²) in [6.45, 7) is 3.92. The normalized spacial score (nSPS) is 20.7. The van der Waals surface area contributed by atoms with Crippen LogP contribution in [0.25, 0.3) is 0 Å². The number of carbonyl (C=O) groups is 1. The van der Waals surface area contributed by atoms with Crippen molar-refractivity contribution in [3.05, 3.63) is 29.8 Å². The van der Waals surface area contributed by atoms with E-state index in [4.69, 9.17) is 4.74 Å². The molecule has 1 atom stereocenters. The Labute approximate surface area is 139 Å². The van der Waals surface area contributed by atoms with E-state index in [0.717, 1.165) is 30.8 Å². The highest BCUT2D eigenvalue weighted by Crippen LogP contribution is 2.48. The molecular formula is C19H28N2O2. The first kappa shape index (κ1) is 16.2. The van der Waals surface area contributed by atoms with Crippen LogP contribution in [0, 0.1) is 5.41 Å². The molecule has 1 aromatic rings. The van der Waals surface area contributed by atoms with Crippen molar-refractivity contribution in [1.82, 2.24) is 10.2 Å². The molecule has 1 aliphatic carbocycles. The molecule has 23 heavy (non-hydrogen) atoms. The molecule has 2 aliphatic rings. The van der Waals surface area contributed by atoms with Gasteiger partial charge in [0.15, 0.2) is 0 Å². The lowest BCUT2D eigenvalue weighted by Gasteiger charge is -2.48. The smallest absolute Gasteiger partial charge is 0.317 e. The van der Waals surface area contributed by atoms with Crippen molar-refractivity contribution in [3.63, 3.8) is 0 Å². The molecule has 126 valence electrons. The van der Waals surface area contributed by atoms with Crippen LogP contribution >= 0.6 is 0 Å². The molecule has 1 saturated heterocycles. The summed E-state index contributed by atoms with van der Waals surface area (Å²) in [7, 11) is 1.67. The number of ether oxygens (including phenoxy) is 1. The van der Waals surface area contributed by atoms with Crippen LogP contribution in [0.2, 0.25) is 0 Å². The lowest BCUT2D eigenvalue weighted by atomic mass is 9.63. The molecular weight excluding hydrogens is 288 g/mol. The summed E-state index contributed by atoms with van der Waals surface area (Å²) in [6.07, 6.45) is 7.36. The van der Waals surface area contributed by atoms with Gasteiger partial charge in [0.1, 0.15) is 5.75 Å². The first-order valence-electron chi connectivity index (χ1n) is 8.85. The molecule has 0 aromatic heterocycles. The van der Waals surface area contributed by atoms with Gasteiger partial charge in [0.2, 0.25) is 0 Å². The van der Waals surface area contributed by atoms with E-state index in [9.17, 15) is 4.79 Å². The van der Waals surface area contributed by atoms with Crippen LogP contribution in [0.4, 0.5) is 4.79 Å². The van der Waals surface area contributed by atoms with Gasteiger partial charge in [-0.2, -0.15) is 0 Å². The maximum Gasteiger partial charge on any atom is 0.317 e. The third-order valence-electron chi connectivity index (χ3n) is 5.75. The van der Waals surface area contributed by atoms with E-state index in [-0.39, 0.29) is 12.1 Å². The number of likely N-dealkylation sites (tertiary alicyclic amines) is 1. The topological polar surface area (TPSA) is 41.6 Å². The van der Waals surface area contributed by atoms with Crippen LogP contribution in [0.5, 0.6) is 5.75 Å². The van der Waals surface area contributed by atoms with Gasteiger partial charge in [-0.1, -0.05) is 25.5 Å². The molecule has 1 saturated carbocycles. The summed E-state index contributed by atoms with van der Waals surface area (Å²) >= 11 is 0. The third-order valence-corrected chi connectivity index (χ3v) is 5.75. The second-order valence-corrected chi connectivity index (χ2v) is 7.02. The van der Waals surface area contributed by atoms with Gasteiger partial charge in [0.05, 0.1) is 13.2 Å². The van der Waals surface area contributed by atoms with E-state index in [1.807, 2.05) is 29.2 Å². The van der Waals surface area contributed by atoms with Crippen LogP contribution in [0.3, 0.4) is 0 Å². The summed E-state index contributed by atoms with van der Waals surface area (Å²) < 4.78 is 5.20. The Hall–Kier alpha value is -1.71. The van der Waals surface area contributed by atoms with Gasteiger partial charge in [-0.25, -0.2) is 4.79 Å². The van der Waals surface area contributed by atoms with Crippen molar-refractivity contribution >= 4 is 6.03 Å². The Bertz CT molecular complexity index is 527. The van der Waals surface area contributed by atoms with Crippen molar-refractivity contribution in [2.75, 3.05) is 20.2 Å². The van der Waals surface area contributed by atoms with E-state index in [0.29, 0.717) is 5.41 Å². The zero-order valence-corrected chi connectivity index (χ0v) is 14.3. The van der Waals surface area contributed by atoms with E-state index >= 15 is 0 Å². The number of nitrogens with zero attached hydrogens (tertiary/aromatic N) is 1. The highest BCUT2D eigenvalue weighted by Gasteiger charge is 2.40. The third kappa shape index (κ3) is 3.46. The molecule has 2 amide bonds. The zero-order chi connectivity index (χ0) is 16.3. The number of piperidine rings is 1. The van der Waals surface area contributed by atoms with Gasteiger partial charge in [0.25, 0.3) is 0 Å². The van der Waals surface area contributed by atoms with Gasteiger partial charge in [-0.05, 0) is 55.2 Å². The van der Waals surface area contributed by atoms with Crippen LogP contribution in [-0.4, -0.2) is 31.1 Å². The lowest BCUT2D eigenvalue weighted by molar-refractivity contribution is 0.0457. The number of methoxy groups -OCH3 is 1. The largest absolute Gasteiger partial charge is 0.497 e. The number of rotatable bonds is 4. The molecule has 1 spiro atoms. The molecule has 0 bridgehead atoms. The monoisotopic (exact) mass is 316 g/mol. The highest BCUT2D eigenvalue weighted by molar-refractivity contribution is 5.74. The molecule has 0 radical (unpaired) electrons. The second kappa shape index (κ2) is 6.81. The fraction of sp³-hybridized carbons (Fsp3) is 0.632. The molecule has 1 heterocycles. The molecule has 4 heteroatoms. The van der Waals surface area contributed by atoms with Gasteiger partial charge in [0, 0.05) is 13.1 Å². The first-order chi connectivity index (χ1) is 11.2. The van der Waals surface area contributed by atoms with Gasteiger partial charge >= 0.3 is 6.03 Å². The average molecular weight is 316 g/mol. The molecule has 3 rings (SSSR count). The summed E-state index contributed by atoms with van der Waals surface area (Å²) in [5.74, 6) is 0.844. The summed E-state index contributed by atoms with van der Waals surface area (Å²) in [4.78, 5) is 14.6. The number of carbonyl (C=O) groups excluding carboxylic acids is 1. The van der Waals surface area contributed by atoms with Crippen molar-refractivity contribution < 1.29 is 9.53 Å². The standard InChI is InChI=1S/C19H28N2O2/c1-3-17(15-5-7-16(23-2)8-6-15)20-18(22)21-13-11-19(12-14-21)9-4-10-19/h5-8,17H,3-4,9-14H2,1-2H3,(H,20,22). The fourth-order valence-electron chi connectivity index (χ4n) is 3.86.